The molecule has 1 aromatic heterocycles. The summed E-state index contributed by atoms with van der Waals surface area (Å²) in [6, 6.07) is 17.3. The average Bonchev–Trinajstić information content (AvgIpc) is 3.08. The molecular formula is C21H18ClN3O. The quantitative estimate of drug-likeness (QED) is 0.713. The second kappa shape index (κ2) is 6.81. The first-order chi connectivity index (χ1) is 12.6. The van der Waals surface area contributed by atoms with Crippen molar-refractivity contribution in [2.75, 3.05) is 16.8 Å². The standard InChI is InChI=1S/C21H18ClN3O/c1-14-12-17(22)6-7-18(14)24-21(26)16-8-10-23-20(13-16)25-11-9-15-4-2-3-5-19(15)25/h2-8,10,12-13H,9,11H2,1H3,(H,24,26). The fourth-order valence-corrected chi connectivity index (χ4v) is 3.47. The number of anilines is 3. The molecule has 1 amide bonds. The van der Waals surface area contributed by atoms with Crippen molar-refractivity contribution >= 4 is 34.7 Å². The lowest BCUT2D eigenvalue weighted by atomic mass is 10.1. The predicted octanol–water partition coefficient (Wildman–Crippen LogP) is 4.99. The number of benzene rings is 2. The molecule has 0 bridgehead atoms. The number of nitrogens with zero attached hydrogens (tertiary/aromatic N) is 2. The van der Waals surface area contributed by atoms with E-state index in [2.05, 4.69) is 27.3 Å². The van der Waals surface area contributed by atoms with Crippen LogP contribution in [0, 0.1) is 6.92 Å². The van der Waals surface area contributed by atoms with Crippen LogP contribution in [0.15, 0.2) is 60.8 Å². The second-order valence-electron chi connectivity index (χ2n) is 6.35. The Bertz CT molecular complexity index is 986. The highest BCUT2D eigenvalue weighted by Gasteiger charge is 2.21. The van der Waals surface area contributed by atoms with Crippen molar-refractivity contribution in [3.63, 3.8) is 0 Å². The third-order valence-electron chi connectivity index (χ3n) is 4.61. The lowest BCUT2D eigenvalue weighted by Crippen LogP contribution is -2.17. The SMILES string of the molecule is Cc1cc(Cl)ccc1NC(=O)c1ccnc(N2CCc3ccccc32)c1. The topological polar surface area (TPSA) is 45.2 Å². The van der Waals surface area contributed by atoms with E-state index in [1.807, 2.05) is 37.3 Å². The van der Waals surface area contributed by atoms with Crippen LogP contribution >= 0.6 is 11.6 Å². The van der Waals surface area contributed by atoms with Gasteiger partial charge in [0.05, 0.1) is 0 Å². The first-order valence-electron chi connectivity index (χ1n) is 8.51. The van der Waals surface area contributed by atoms with Gasteiger partial charge in [0.25, 0.3) is 5.91 Å². The van der Waals surface area contributed by atoms with Crippen LogP contribution in [-0.4, -0.2) is 17.4 Å². The Labute approximate surface area is 157 Å². The van der Waals surface area contributed by atoms with Gasteiger partial charge in [-0.3, -0.25) is 4.79 Å². The highest BCUT2D eigenvalue weighted by atomic mass is 35.5. The highest BCUT2D eigenvalue weighted by Crippen LogP contribution is 2.33. The number of pyridine rings is 1. The van der Waals surface area contributed by atoms with E-state index in [0.717, 1.165) is 35.7 Å². The minimum absolute atomic E-state index is 0.161. The van der Waals surface area contributed by atoms with Crippen LogP contribution in [0.3, 0.4) is 0 Å². The minimum Gasteiger partial charge on any atom is -0.326 e. The van der Waals surface area contributed by atoms with Crippen LogP contribution < -0.4 is 10.2 Å². The molecule has 0 atom stereocenters. The average molecular weight is 364 g/mol. The van der Waals surface area contributed by atoms with Gasteiger partial charge in [0, 0.05) is 34.7 Å². The van der Waals surface area contributed by atoms with Gasteiger partial charge in [-0.05, 0) is 60.9 Å². The second-order valence-corrected chi connectivity index (χ2v) is 6.78. The summed E-state index contributed by atoms with van der Waals surface area (Å²) in [5.41, 5.74) is 4.72. The fraction of sp³-hybridized carbons (Fsp3) is 0.143. The Morgan fingerprint density at radius 1 is 1.15 bits per heavy atom. The normalized spacial score (nSPS) is 12.8. The third kappa shape index (κ3) is 3.16. The molecule has 0 unspecified atom stereocenters. The Hall–Kier alpha value is -2.85. The Morgan fingerprint density at radius 3 is 2.85 bits per heavy atom. The molecule has 3 aromatic rings. The number of hydrogen-bond acceptors (Lipinski definition) is 3. The number of carbonyl (C=O) groups is 1. The lowest BCUT2D eigenvalue weighted by Gasteiger charge is -2.19. The van der Waals surface area contributed by atoms with Gasteiger partial charge in [0.2, 0.25) is 0 Å². The molecule has 2 heterocycles. The van der Waals surface area contributed by atoms with Gasteiger partial charge in [-0.15, -0.1) is 0 Å². The van der Waals surface area contributed by atoms with Crippen LogP contribution in [0.5, 0.6) is 0 Å². The van der Waals surface area contributed by atoms with E-state index in [1.54, 1.807) is 18.3 Å². The van der Waals surface area contributed by atoms with E-state index >= 15 is 0 Å². The molecule has 0 aliphatic carbocycles. The van der Waals surface area contributed by atoms with E-state index < -0.39 is 0 Å². The lowest BCUT2D eigenvalue weighted by molar-refractivity contribution is 0.102. The van der Waals surface area contributed by atoms with Crippen molar-refractivity contribution in [1.29, 1.82) is 0 Å². The van der Waals surface area contributed by atoms with E-state index in [4.69, 9.17) is 11.6 Å². The van der Waals surface area contributed by atoms with Crippen LogP contribution in [-0.2, 0) is 6.42 Å². The maximum Gasteiger partial charge on any atom is 0.255 e. The predicted molar refractivity (Wildman–Crippen MR) is 106 cm³/mol. The summed E-state index contributed by atoms with van der Waals surface area (Å²) in [6.45, 7) is 2.79. The number of halogens is 1. The van der Waals surface area contributed by atoms with Gasteiger partial charge < -0.3 is 10.2 Å². The molecule has 1 N–H and O–H groups in total. The van der Waals surface area contributed by atoms with E-state index in [-0.39, 0.29) is 5.91 Å². The zero-order valence-corrected chi connectivity index (χ0v) is 15.1. The Morgan fingerprint density at radius 2 is 2.00 bits per heavy atom. The number of para-hydroxylation sites is 1. The number of hydrogen-bond donors (Lipinski definition) is 1. The van der Waals surface area contributed by atoms with E-state index in [9.17, 15) is 4.79 Å². The van der Waals surface area contributed by atoms with Crippen molar-refractivity contribution < 1.29 is 4.79 Å². The third-order valence-corrected chi connectivity index (χ3v) is 4.84. The summed E-state index contributed by atoms with van der Waals surface area (Å²) < 4.78 is 0. The first-order valence-corrected chi connectivity index (χ1v) is 8.88. The molecule has 26 heavy (non-hydrogen) atoms. The minimum atomic E-state index is -0.161. The summed E-state index contributed by atoms with van der Waals surface area (Å²) in [5, 5.41) is 3.60. The van der Waals surface area contributed by atoms with Gasteiger partial charge in [-0.1, -0.05) is 29.8 Å². The zero-order chi connectivity index (χ0) is 18.1. The monoisotopic (exact) mass is 363 g/mol. The van der Waals surface area contributed by atoms with Crippen molar-refractivity contribution in [2.45, 2.75) is 13.3 Å². The molecule has 0 saturated carbocycles. The molecule has 0 saturated heterocycles. The smallest absolute Gasteiger partial charge is 0.255 e. The van der Waals surface area contributed by atoms with E-state index in [1.165, 1.54) is 5.56 Å². The summed E-state index contributed by atoms with van der Waals surface area (Å²) in [4.78, 5) is 19.3. The Balaban J connectivity index is 1.59. The first kappa shape index (κ1) is 16.6. The molecule has 0 fully saturated rings. The van der Waals surface area contributed by atoms with Crippen LogP contribution in [0.25, 0.3) is 0 Å². The summed E-state index contributed by atoms with van der Waals surface area (Å²) >= 11 is 5.98. The van der Waals surface area contributed by atoms with Crippen molar-refractivity contribution in [1.82, 2.24) is 4.98 Å². The molecule has 130 valence electrons. The van der Waals surface area contributed by atoms with Gasteiger partial charge in [-0.2, -0.15) is 0 Å². The number of carbonyl (C=O) groups excluding carboxylic acids is 1. The van der Waals surface area contributed by atoms with Crippen LogP contribution in [0.2, 0.25) is 5.02 Å². The van der Waals surface area contributed by atoms with Gasteiger partial charge >= 0.3 is 0 Å². The Kier molecular flexibility index (Phi) is 4.35. The number of aromatic nitrogens is 1. The van der Waals surface area contributed by atoms with Crippen molar-refractivity contribution in [2.24, 2.45) is 0 Å². The fourth-order valence-electron chi connectivity index (χ4n) is 3.25. The van der Waals surface area contributed by atoms with Crippen molar-refractivity contribution in [3.8, 4) is 0 Å². The van der Waals surface area contributed by atoms with Crippen LogP contribution in [0.4, 0.5) is 17.2 Å². The summed E-state index contributed by atoms with van der Waals surface area (Å²) in [5.74, 6) is 0.627. The number of fused-ring (bicyclic) bond motifs is 1. The molecule has 0 radical (unpaired) electrons. The van der Waals surface area contributed by atoms with Gasteiger partial charge in [0.1, 0.15) is 5.82 Å². The molecular weight excluding hydrogens is 346 g/mol. The van der Waals surface area contributed by atoms with Gasteiger partial charge in [0.15, 0.2) is 0 Å². The summed E-state index contributed by atoms with van der Waals surface area (Å²) in [7, 11) is 0. The largest absolute Gasteiger partial charge is 0.326 e. The number of aryl methyl sites for hydroxylation is 1. The summed E-state index contributed by atoms with van der Waals surface area (Å²) in [6.07, 6.45) is 2.66. The molecule has 1 aliphatic heterocycles. The highest BCUT2D eigenvalue weighted by molar-refractivity contribution is 6.30. The number of nitrogens with one attached hydrogen (secondary N) is 1. The van der Waals surface area contributed by atoms with Crippen molar-refractivity contribution in [3.05, 3.63) is 82.5 Å². The molecule has 1 aliphatic rings. The van der Waals surface area contributed by atoms with E-state index in [0.29, 0.717) is 10.6 Å². The van der Waals surface area contributed by atoms with Gasteiger partial charge in [-0.25, -0.2) is 4.98 Å². The van der Waals surface area contributed by atoms with Crippen LogP contribution in [0.1, 0.15) is 21.5 Å². The zero-order valence-electron chi connectivity index (χ0n) is 14.4. The maximum absolute atomic E-state index is 12.7. The molecule has 4 rings (SSSR count). The molecule has 4 nitrogen and oxygen atoms in total. The molecule has 5 heteroatoms. The molecule has 0 spiro atoms. The maximum atomic E-state index is 12.7. The number of rotatable bonds is 3. The number of amides is 1. The molecule has 2 aromatic carbocycles.